The molecule has 1 saturated heterocycles. The summed E-state index contributed by atoms with van der Waals surface area (Å²) < 4.78 is 11.3. The monoisotopic (exact) mass is 555 g/mol. The fourth-order valence-electron chi connectivity index (χ4n) is 6.24. The second-order valence-corrected chi connectivity index (χ2v) is 11.6. The molecule has 41 heavy (non-hydrogen) atoms. The van der Waals surface area contributed by atoms with Gasteiger partial charge in [-0.1, -0.05) is 30.3 Å². The van der Waals surface area contributed by atoms with E-state index in [0.717, 1.165) is 56.8 Å². The number of methoxy groups -OCH3 is 1. The molecule has 2 fully saturated rings. The molecule has 6 rings (SSSR count). The van der Waals surface area contributed by atoms with Crippen molar-refractivity contribution in [3.8, 4) is 6.01 Å². The Balaban J connectivity index is 1.22. The number of ether oxygens (including phenoxy) is 2. The largest absolute Gasteiger partial charge is 0.462 e. The van der Waals surface area contributed by atoms with E-state index in [0.29, 0.717) is 37.9 Å². The van der Waals surface area contributed by atoms with Crippen LogP contribution in [0.15, 0.2) is 46.4 Å². The third-order valence-corrected chi connectivity index (χ3v) is 8.72. The zero-order valence-corrected chi connectivity index (χ0v) is 24.5. The lowest BCUT2D eigenvalue weighted by Gasteiger charge is -2.35. The molecule has 216 valence electrons. The molecule has 0 spiro atoms. The number of likely N-dealkylation sites (tertiary alicyclic amines) is 1. The van der Waals surface area contributed by atoms with E-state index in [4.69, 9.17) is 19.4 Å². The van der Waals surface area contributed by atoms with Crippen LogP contribution in [0.3, 0.4) is 0 Å². The molecule has 3 aliphatic rings. The number of benzene rings is 2. The number of fused-ring (bicyclic) bond motifs is 2. The Morgan fingerprint density at radius 2 is 1.98 bits per heavy atom. The van der Waals surface area contributed by atoms with Crippen LogP contribution in [0, 0.1) is 6.92 Å². The number of nitrogens with one attached hydrogen (secondary N) is 1. The average molecular weight is 556 g/mol. The van der Waals surface area contributed by atoms with E-state index in [2.05, 4.69) is 81.5 Å². The summed E-state index contributed by atoms with van der Waals surface area (Å²) in [5.41, 5.74) is 4.82. The Bertz CT molecular complexity index is 1430. The molecule has 0 amide bonds. The van der Waals surface area contributed by atoms with Gasteiger partial charge in [0.05, 0.1) is 37.4 Å². The van der Waals surface area contributed by atoms with Crippen molar-refractivity contribution in [3.05, 3.63) is 53.2 Å². The Hall–Kier alpha value is -3.52. The van der Waals surface area contributed by atoms with Crippen molar-refractivity contribution in [2.45, 2.75) is 63.7 Å². The zero-order valence-electron chi connectivity index (χ0n) is 24.5. The van der Waals surface area contributed by atoms with E-state index in [9.17, 15) is 0 Å². The molecule has 3 aromatic rings. The zero-order chi connectivity index (χ0) is 28.2. The summed E-state index contributed by atoms with van der Waals surface area (Å²) in [6, 6.07) is 17.4. The van der Waals surface area contributed by atoms with Crippen molar-refractivity contribution in [2.24, 2.45) is 9.98 Å². The lowest BCUT2D eigenvalue weighted by Crippen LogP contribution is -2.39. The quantitative estimate of drug-likeness (QED) is 0.286. The number of rotatable bonds is 10. The van der Waals surface area contributed by atoms with E-state index in [1.807, 2.05) is 0 Å². The van der Waals surface area contributed by atoms with Gasteiger partial charge in [0, 0.05) is 42.4 Å². The van der Waals surface area contributed by atoms with Gasteiger partial charge in [-0.3, -0.25) is 0 Å². The molecular weight excluding hydrogens is 514 g/mol. The topological polar surface area (TPSA) is 87.5 Å². The van der Waals surface area contributed by atoms with E-state index >= 15 is 0 Å². The summed E-state index contributed by atoms with van der Waals surface area (Å²) in [5, 5.41) is 6.31. The highest BCUT2D eigenvalue weighted by Crippen LogP contribution is 2.36. The normalized spacial score (nSPS) is 22.1. The Kier molecular flexibility index (Phi) is 8.46. The van der Waals surface area contributed by atoms with Gasteiger partial charge in [-0.15, -0.1) is 0 Å². The molecule has 2 aromatic carbocycles. The van der Waals surface area contributed by atoms with Gasteiger partial charge in [-0.25, -0.2) is 9.98 Å². The van der Waals surface area contributed by atoms with Crippen LogP contribution in [0.4, 0.5) is 11.5 Å². The van der Waals surface area contributed by atoms with Crippen molar-refractivity contribution in [2.75, 3.05) is 57.2 Å². The van der Waals surface area contributed by atoms with Crippen LogP contribution in [0.2, 0.25) is 0 Å². The Morgan fingerprint density at radius 1 is 1.12 bits per heavy atom. The van der Waals surface area contributed by atoms with Crippen molar-refractivity contribution in [1.82, 2.24) is 14.9 Å². The van der Waals surface area contributed by atoms with Gasteiger partial charge in [0.2, 0.25) is 0 Å². The number of nitrogens with zero attached hydrogens (tertiary/aromatic N) is 6. The van der Waals surface area contributed by atoms with Gasteiger partial charge in [0.1, 0.15) is 12.4 Å². The fourth-order valence-corrected chi connectivity index (χ4v) is 6.24. The van der Waals surface area contributed by atoms with Gasteiger partial charge in [-0.2, -0.15) is 9.97 Å². The lowest BCUT2D eigenvalue weighted by atomic mass is 9.87. The molecule has 1 saturated carbocycles. The van der Waals surface area contributed by atoms with Gasteiger partial charge < -0.3 is 24.6 Å². The molecule has 1 N–H and O–H groups in total. The minimum Gasteiger partial charge on any atom is -0.462 e. The molecule has 0 radical (unpaired) electrons. The molecule has 9 nitrogen and oxygen atoms in total. The summed E-state index contributed by atoms with van der Waals surface area (Å²) >= 11 is 0. The minimum atomic E-state index is 0.246. The Morgan fingerprint density at radius 3 is 2.78 bits per heavy atom. The highest BCUT2D eigenvalue weighted by molar-refractivity contribution is 5.97. The first-order valence-corrected chi connectivity index (χ1v) is 14.9. The van der Waals surface area contributed by atoms with Gasteiger partial charge in [0.15, 0.2) is 0 Å². The molecule has 1 atom stereocenters. The average Bonchev–Trinajstić information content (AvgIpc) is 3.38. The van der Waals surface area contributed by atoms with Crippen molar-refractivity contribution >= 4 is 28.3 Å². The van der Waals surface area contributed by atoms with E-state index in [1.54, 1.807) is 7.11 Å². The van der Waals surface area contributed by atoms with Crippen LogP contribution in [0.5, 0.6) is 6.01 Å². The highest BCUT2D eigenvalue weighted by atomic mass is 16.5. The van der Waals surface area contributed by atoms with Crippen LogP contribution in [-0.4, -0.2) is 86.0 Å². The molecule has 0 unspecified atom stereocenters. The first kappa shape index (κ1) is 27.6. The number of aliphatic imine (C=N–C) groups is 2. The third-order valence-electron chi connectivity index (χ3n) is 8.72. The van der Waals surface area contributed by atoms with Crippen LogP contribution >= 0.6 is 0 Å². The molecule has 1 aliphatic carbocycles. The van der Waals surface area contributed by atoms with Crippen LogP contribution in [0.1, 0.15) is 42.5 Å². The molecule has 2 aliphatic heterocycles. The van der Waals surface area contributed by atoms with Gasteiger partial charge >= 0.3 is 6.01 Å². The van der Waals surface area contributed by atoms with Gasteiger partial charge in [0.25, 0.3) is 0 Å². The first-order chi connectivity index (χ1) is 20.1. The molecule has 0 bridgehead atoms. The minimum absolute atomic E-state index is 0.246. The standard InChI is InChI=1S/C32H41N7O2/c1-22-7-4-8-23-9-5-11-29(30(22)23)39-15-12-27-28(19-39)36-32(41-20-26-10-6-14-38(26)2)37-31(27)35-25-17-24(18-25)34-21-33-13-16-40-3/h4-5,7-9,11,24-26H,6,10,12-20H2,1-3H3,(H,35,36,37)/t24-,25-,26-/m0/s1. The predicted octanol–water partition coefficient (Wildman–Crippen LogP) is 4.74. The summed E-state index contributed by atoms with van der Waals surface area (Å²) in [6.45, 7) is 6.76. The highest BCUT2D eigenvalue weighted by Gasteiger charge is 2.32. The maximum absolute atomic E-state index is 6.26. The van der Waals surface area contributed by atoms with E-state index < -0.39 is 0 Å². The first-order valence-electron chi connectivity index (χ1n) is 14.9. The van der Waals surface area contributed by atoms with Crippen molar-refractivity contribution < 1.29 is 9.47 Å². The number of hydrogen-bond donors (Lipinski definition) is 1. The maximum Gasteiger partial charge on any atom is 0.318 e. The van der Waals surface area contributed by atoms with Crippen LogP contribution < -0.4 is 15.0 Å². The third kappa shape index (κ3) is 6.22. The molecular formula is C32H41N7O2. The summed E-state index contributed by atoms with van der Waals surface area (Å²) in [4.78, 5) is 23.4. The number of aryl methyl sites for hydroxylation is 1. The smallest absolute Gasteiger partial charge is 0.318 e. The van der Waals surface area contributed by atoms with Crippen LogP contribution in [-0.2, 0) is 17.7 Å². The number of aromatic nitrogens is 2. The maximum atomic E-state index is 6.26. The Labute approximate surface area is 242 Å². The van der Waals surface area contributed by atoms with Gasteiger partial charge in [-0.05, 0) is 69.6 Å². The summed E-state index contributed by atoms with van der Waals surface area (Å²) in [6.07, 6.45) is 5.13. The second kappa shape index (κ2) is 12.6. The number of anilines is 2. The van der Waals surface area contributed by atoms with E-state index in [1.165, 1.54) is 34.0 Å². The SMILES string of the molecule is COCCN=C=N[C@H]1C[C@H](Nc2nc(OC[C@@H]3CCCN3C)nc3c2CCN(c2cccc4cccc(C)c24)C3)C1. The number of likely N-dealkylation sites (N-methyl/N-ethyl adjacent to an activating group) is 1. The number of hydrogen-bond acceptors (Lipinski definition) is 9. The van der Waals surface area contributed by atoms with E-state index in [-0.39, 0.29) is 6.04 Å². The van der Waals surface area contributed by atoms with Crippen molar-refractivity contribution in [3.63, 3.8) is 0 Å². The lowest BCUT2D eigenvalue weighted by molar-refractivity contribution is 0.187. The fraction of sp³-hybridized carbons (Fsp3) is 0.531. The second-order valence-electron chi connectivity index (χ2n) is 11.6. The van der Waals surface area contributed by atoms with Crippen LogP contribution in [0.25, 0.3) is 10.8 Å². The molecule has 3 heterocycles. The van der Waals surface area contributed by atoms with Crippen molar-refractivity contribution in [1.29, 1.82) is 0 Å². The molecule has 1 aromatic heterocycles. The summed E-state index contributed by atoms with van der Waals surface area (Å²) in [7, 11) is 3.84. The summed E-state index contributed by atoms with van der Waals surface area (Å²) in [5.74, 6) is 0.916. The predicted molar refractivity (Wildman–Crippen MR) is 164 cm³/mol. The molecule has 9 heteroatoms.